The standard InChI is InChI=1S/C23H28F2N2O2/c1-2-29-23(28)27-16-14-26(15-17-27)22(19-8-12-21(25)13-9-19)5-3-4-18-6-10-20(24)11-7-18/h6-13,22H,2-5,14-17H2,1H3. The maximum atomic E-state index is 13.4. The Balaban J connectivity index is 1.63. The molecule has 1 amide bonds. The van der Waals surface area contributed by atoms with Gasteiger partial charge in [-0.2, -0.15) is 0 Å². The molecule has 0 aromatic heterocycles. The zero-order valence-corrected chi connectivity index (χ0v) is 16.8. The zero-order chi connectivity index (χ0) is 20.6. The van der Waals surface area contributed by atoms with Gasteiger partial charge in [0.15, 0.2) is 0 Å². The van der Waals surface area contributed by atoms with Crippen LogP contribution in [0, 0.1) is 11.6 Å². The molecule has 1 unspecified atom stereocenters. The molecule has 0 saturated carbocycles. The molecule has 4 nitrogen and oxygen atoms in total. The van der Waals surface area contributed by atoms with Crippen LogP contribution in [-0.4, -0.2) is 48.7 Å². The molecular formula is C23H28F2N2O2. The molecule has 2 aromatic rings. The van der Waals surface area contributed by atoms with Crippen molar-refractivity contribution in [3.8, 4) is 0 Å². The van der Waals surface area contributed by atoms with E-state index in [0.29, 0.717) is 19.7 Å². The summed E-state index contributed by atoms with van der Waals surface area (Å²) in [6.45, 7) is 4.91. The topological polar surface area (TPSA) is 32.8 Å². The fourth-order valence-corrected chi connectivity index (χ4v) is 3.83. The van der Waals surface area contributed by atoms with E-state index in [9.17, 15) is 13.6 Å². The van der Waals surface area contributed by atoms with Gasteiger partial charge < -0.3 is 9.64 Å². The number of ether oxygens (including phenoxy) is 1. The number of hydrogen-bond donors (Lipinski definition) is 0. The maximum Gasteiger partial charge on any atom is 0.409 e. The van der Waals surface area contributed by atoms with E-state index in [0.717, 1.165) is 43.5 Å². The molecule has 0 aliphatic carbocycles. The van der Waals surface area contributed by atoms with Crippen LogP contribution < -0.4 is 0 Å². The van der Waals surface area contributed by atoms with Crippen LogP contribution in [0.4, 0.5) is 13.6 Å². The van der Waals surface area contributed by atoms with E-state index >= 15 is 0 Å². The molecule has 1 aliphatic heterocycles. The van der Waals surface area contributed by atoms with Crippen LogP contribution in [0.15, 0.2) is 48.5 Å². The fraction of sp³-hybridized carbons (Fsp3) is 0.435. The maximum absolute atomic E-state index is 13.4. The Morgan fingerprint density at radius 3 is 2.14 bits per heavy atom. The van der Waals surface area contributed by atoms with Crippen LogP contribution in [0.2, 0.25) is 0 Å². The van der Waals surface area contributed by atoms with Gasteiger partial charge in [0.25, 0.3) is 0 Å². The lowest BCUT2D eigenvalue weighted by Gasteiger charge is -2.39. The average molecular weight is 402 g/mol. The highest BCUT2D eigenvalue weighted by molar-refractivity contribution is 5.67. The van der Waals surface area contributed by atoms with E-state index in [1.807, 2.05) is 24.3 Å². The summed E-state index contributed by atoms with van der Waals surface area (Å²) in [4.78, 5) is 16.0. The van der Waals surface area contributed by atoms with Gasteiger partial charge in [0.2, 0.25) is 0 Å². The minimum atomic E-state index is -0.262. The molecule has 6 heteroatoms. The molecular weight excluding hydrogens is 374 g/mol. The number of carbonyl (C=O) groups is 1. The Hall–Kier alpha value is -2.47. The van der Waals surface area contributed by atoms with Crippen molar-refractivity contribution < 1.29 is 18.3 Å². The number of nitrogens with zero attached hydrogens (tertiary/aromatic N) is 2. The number of carbonyl (C=O) groups excluding carboxylic acids is 1. The fourth-order valence-electron chi connectivity index (χ4n) is 3.83. The van der Waals surface area contributed by atoms with Crippen molar-refractivity contribution in [2.75, 3.05) is 32.8 Å². The second-order valence-corrected chi connectivity index (χ2v) is 7.31. The molecule has 29 heavy (non-hydrogen) atoms. The molecule has 0 bridgehead atoms. The van der Waals surface area contributed by atoms with Gasteiger partial charge in [-0.1, -0.05) is 24.3 Å². The predicted molar refractivity (Wildman–Crippen MR) is 109 cm³/mol. The monoisotopic (exact) mass is 402 g/mol. The summed E-state index contributed by atoms with van der Waals surface area (Å²) in [5, 5.41) is 0. The van der Waals surface area contributed by atoms with E-state index in [2.05, 4.69) is 4.90 Å². The van der Waals surface area contributed by atoms with E-state index in [1.54, 1.807) is 11.8 Å². The Labute approximate surface area is 171 Å². The highest BCUT2D eigenvalue weighted by atomic mass is 19.1. The summed E-state index contributed by atoms with van der Waals surface area (Å²) in [6, 6.07) is 13.4. The first-order valence-corrected chi connectivity index (χ1v) is 10.2. The van der Waals surface area contributed by atoms with Crippen molar-refractivity contribution in [1.29, 1.82) is 0 Å². The minimum absolute atomic E-state index is 0.153. The van der Waals surface area contributed by atoms with Gasteiger partial charge in [0.05, 0.1) is 6.61 Å². The van der Waals surface area contributed by atoms with E-state index < -0.39 is 0 Å². The summed E-state index contributed by atoms with van der Waals surface area (Å²) in [6.07, 6.45) is 2.44. The summed E-state index contributed by atoms with van der Waals surface area (Å²) in [7, 11) is 0. The van der Waals surface area contributed by atoms with Gasteiger partial charge in [0, 0.05) is 32.2 Å². The molecule has 1 saturated heterocycles. The highest BCUT2D eigenvalue weighted by Crippen LogP contribution is 2.28. The van der Waals surface area contributed by atoms with E-state index in [1.165, 1.54) is 24.3 Å². The number of amides is 1. The normalized spacial score (nSPS) is 15.9. The summed E-state index contributed by atoms with van der Waals surface area (Å²) < 4.78 is 31.6. The molecule has 0 spiro atoms. The third-order valence-corrected chi connectivity index (χ3v) is 5.39. The van der Waals surface area contributed by atoms with Crippen LogP contribution in [0.3, 0.4) is 0 Å². The largest absolute Gasteiger partial charge is 0.450 e. The van der Waals surface area contributed by atoms with Gasteiger partial charge in [-0.05, 0) is 61.6 Å². The van der Waals surface area contributed by atoms with Gasteiger partial charge in [0.1, 0.15) is 11.6 Å². The van der Waals surface area contributed by atoms with Crippen molar-refractivity contribution in [2.45, 2.75) is 32.2 Å². The van der Waals surface area contributed by atoms with Crippen LogP contribution in [0.5, 0.6) is 0 Å². The Bertz CT molecular complexity index is 772. The summed E-state index contributed by atoms with van der Waals surface area (Å²) in [5.74, 6) is -0.469. The van der Waals surface area contributed by atoms with Crippen LogP contribution in [-0.2, 0) is 11.2 Å². The number of benzene rings is 2. The zero-order valence-electron chi connectivity index (χ0n) is 16.8. The lowest BCUT2D eigenvalue weighted by molar-refractivity contribution is 0.0637. The molecule has 156 valence electrons. The SMILES string of the molecule is CCOC(=O)N1CCN(C(CCCc2ccc(F)cc2)c2ccc(F)cc2)CC1. The molecule has 1 atom stereocenters. The van der Waals surface area contributed by atoms with Gasteiger partial charge in [-0.15, -0.1) is 0 Å². The number of halogens is 2. The van der Waals surface area contributed by atoms with E-state index in [-0.39, 0.29) is 23.8 Å². The molecule has 0 N–H and O–H groups in total. The Kier molecular flexibility index (Phi) is 7.58. The second kappa shape index (κ2) is 10.3. The number of hydrogen-bond acceptors (Lipinski definition) is 3. The molecule has 3 rings (SSSR count). The average Bonchev–Trinajstić information content (AvgIpc) is 2.74. The first-order chi connectivity index (χ1) is 14.1. The summed E-state index contributed by atoms with van der Waals surface area (Å²) in [5.41, 5.74) is 2.19. The third kappa shape index (κ3) is 6.00. The Morgan fingerprint density at radius 2 is 1.55 bits per heavy atom. The number of rotatable bonds is 7. The molecule has 0 radical (unpaired) electrons. The lowest BCUT2D eigenvalue weighted by Crippen LogP contribution is -2.49. The smallest absolute Gasteiger partial charge is 0.409 e. The molecule has 2 aromatic carbocycles. The molecule has 1 aliphatic rings. The first-order valence-electron chi connectivity index (χ1n) is 10.2. The van der Waals surface area contributed by atoms with Gasteiger partial charge in [-0.25, -0.2) is 13.6 Å². The number of piperazine rings is 1. The lowest BCUT2D eigenvalue weighted by atomic mass is 9.97. The van der Waals surface area contributed by atoms with Crippen LogP contribution in [0.25, 0.3) is 0 Å². The van der Waals surface area contributed by atoms with Crippen molar-refractivity contribution in [2.24, 2.45) is 0 Å². The molecule has 1 fully saturated rings. The number of aryl methyl sites for hydroxylation is 1. The predicted octanol–water partition coefficient (Wildman–Crippen LogP) is 4.80. The molecule has 1 heterocycles. The van der Waals surface area contributed by atoms with Crippen molar-refractivity contribution in [3.05, 3.63) is 71.3 Å². The Morgan fingerprint density at radius 1 is 0.966 bits per heavy atom. The second-order valence-electron chi connectivity index (χ2n) is 7.31. The van der Waals surface area contributed by atoms with E-state index in [4.69, 9.17) is 4.74 Å². The highest BCUT2D eigenvalue weighted by Gasteiger charge is 2.27. The van der Waals surface area contributed by atoms with Crippen molar-refractivity contribution >= 4 is 6.09 Å². The van der Waals surface area contributed by atoms with Gasteiger partial charge >= 0.3 is 6.09 Å². The summed E-state index contributed by atoms with van der Waals surface area (Å²) >= 11 is 0. The van der Waals surface area contributed by atoms with Crippen molar-refractivity contribution in [3.63, 3.8) is 0 Å². The third-order valence-electron chi connectivity index (χ3n) is 5.39. The quantitative estimate of drug-likeness (QED) is 0.667. The van der Waals surface area contributed by atoms with Crippen LogP contribution in [0.1, 0.15) is 36.9 Å². The van der Waals surface area contributed by atoms with Gasteiger partial charge in [-0.3, -0.25) is 4.90 Å². The van der Waals surface area contributed by atoms with Crippen LogP contribution >= 0.6 is 0 Å². The minimum Gasteiger partial charge on any atom is -0.450 e. The van der Waals surface area contributed by atoms with Crippen molar-refractivity contribution in [1.82, 2.24) is 9.80 Å². The first kappa shape index (κ1) is 21.2.